The first-order valence-electron chi connectivity index (χ1n) is 10.6. The molecule has 2 aromatic heterocycles. The normalized spacial score (nSPS) is 11.1. The van der Waals surface area contributed by atoms with E-state index in [2.05, 4.69) is 28.5 Å². The fourth-order valence-electron chi connectivity index (χ4n) is 3.89. The van der Waals surface area contributed by atoms with Crippen LogP contribution >= 0.6 is 11.3 Å². The molecule has 0 aliphatic rings. The number of rotatable bonds is 6. The molecule has 0 bridgehead atoms. The van der Waals surface area contributed by atoms with E-state index < -0.39 is 5.97 Å². The smallest absolute Gasteiger partial charge is 0.335 e. The van der Waals surface area contributed by atoms with Gasteiger partial charge in [0.1, 0.15) is 5.75 Å². The highest BCUT2D eigenvalue weighted by Crippen LogP contribution is 2.30. The predicted molar refractivity (Wildman–Crippen MR) is 133 cm³/mol. The van der Waals surface area contributed by atoms with Gasteiger partial charge in [0.25, 0.3) is 5.91 Å². The molecular weight excluding hydrogens is 448 g/mol. The largest absolute Gasteiger partial charge is 0.507 e. The summed E-state index contributed by atoms with van der Waals surface area (Å²) < 4.78 is 1.21. The van der Waals surface area contributed by atoms with E-state index in [1.807, 2.05) is 11.4 Å². The van der Waals surface area contributed by atoms with Gasteiger partial charge < -0.3 is 15.5 Å². The van der Waals surface area contributed by atoms with Crippen LogP contribution in [-0.2, 0) is 13.0 Å². The molecule has 3 N–H and O–H groups in total. The molecule has 34 heavy (non-hydrogen) atoms. The van der Waals surface area contributed by atoms with E-state index in [1.54, 1.807) is 47.9 Å². The third kappa shape index (κ3) is 4.33. The summed E-state index contributed by atoms with van der Waals surface area (Å²) in [6, 6.07) is 19.7. The van der Waals surface area contributed by atoms with Gasteiger partial charge in [-0.1, -0.05) is 18.2 Å². The van der Waals surface area contributed by atoms with Crippen LogP contribution in [0.2, 0.25) is 0 Å². The van der Waals surface area contributed by atoms with Crippen molar-refractivity contribution in [1.82, 2.24) is 10.3 Å². The predicted octanol–water partition coefficient (Wildman–Crippen LogP) is 5.37. The monoisotopic (exact) mass is 468 g/mol. The highest BCUT2D eigenvalue weighted by Gasteiger charge is 2.13. The molecule has 0 atom stereocenters. The number of carbonyl (C=O) groups is 2. The second-order valence-corrected chi connectivity index (χ2v) is 8.97. The van der Waals surface area contributed by atoms with Crippen molar-refractivity contribution >= 4 is 44.2 Å². The van der Waals surface area contributed by atoms with E-state index in [1.165, 1.54) is 16.8 Å². The number of carboxylic acids is 1. The average molecular weight is 469 g/mol. The van der Waals surface area contributed by atoms with Crippen LogP contribution < -0.4 is 5.32 Å². The summed E-state index contributed by atoms with van der Waals surface area (Å²) in [6.45, 7) is 0.402. The van der Waals surface area contributed by atoms with Crippen molar-refractivity contribution in [1.29, 1.82) is 0 Å². The van der Waals surface area contributed by atoms with Crippen LogP contribution in [0.5, 0.6) is 5.75 Å². The summed E-state index contributed by atoms with van der Waals surface area (Å²) in [5, 5.41) is 26.6. The molecule has 3 aromatic carbocycles. The molecule has 0 spiro atoms. The van der Waals surface area contributed by atoms with Crippen molar-refractivity contribution in [3.63, 3.8) is 0 Å². The van der Waals surface area contributed by atoms with Crippen LogP contribution in [0.1, 0.15) is 37.4 Å². The minimum absolute atomic E-state index is 0.0601. The average Bonchev–Trinajstić information content (AvgIpc) is 3.32. The Kier molecular flexibility index (Phi) is 5.69. The van der Waals surface area contributed by atoms with E-state index in [-0.39, 0.29) is 17.2 Å². The summed E-state index contributed by atoms with van der Waals surface area (Å²) in [4.78, 5) is 28.3. The first kappa shape index (κ1) is 21.6. The third-order valence-corrected chi connectivity index (χ3v) is 6.64. The lowest BCUT2D eigenvalue weighted by molar-refractivity contribution is 0.0696. The van der Waals surface area contributed by atoms with Crippen LogP contribution in [0.15, 0.2) is 78.3 Å². The minimum Gasteiger partial charge on any atom is -0.507 e. The van der Waals surface area contributed by atoms with Gasteiger partial charge in [0.15, 0.2) is 0 Å². The van der Waals surface area contributed by atoms with E-state index in [0.29, 0.717) is 35.0 Å². The SMILES string of the molecule is O=C(O)c1ccc(Cc2cnc3ccc(C(=O)NCc4ccc5sccc5c4)cc3c2O)cc1. The quantitative estimate of drug-likeness (QED) is 0.311. The molecule has 0 saturated heterocycles. The second-order valence-electron chi connectivity index (χ2n) is 8.02. The number of carboxylic acid groups (broad SMARTS) is 1. The number of thiophene rings is 1. The fourth-order valence-corrected chi connectivity index (χ4v) is 4.66. The zero-order valence-corrected chi connectivity index (χ0v) is 18.8. The molecular formula is C27H20N2O4S. The molecule has 0 unspecified atom stereocenters. The third-order valence-electron chi connectivity index (χ3n) is 5.74. The topological polar surface area (TPSA) is 99.5 Å². The Morgan fingerprint density at radius 2 is 1.68 bits per heavy atom. The van der Waals surface area contributed by atoms with Gasteiger partial charge in [-0.2, -0.15) is 0 Å². The van der Waals surface area contributed by atoms with Crippen LogP contribution in [0, 0.1) is 0 Å². The Morgan fingerprint density at radius 1 is 0.912 bits per heavy atom. The highest BCUT2D eigenvalue weighted by atomic mass is 32.1. The molecule has 2 heterocycles. The molecule has 168 valence electrons. The van der Waals surface area contributed by atoms with Gasteiger partial charge in [0.05, 0.1) is 11.1 Å². The number of fused-ring (bicyclic) bond motifs is 2. The second kappa shape index (κ2) is 8.96. The van der Waals surface area contributed by atoms with Gasteiger partial charge in [0.2, 0.25) is 0 Å². The Labute approximate surface area is 199 Å². The summed E-state index contributed by atoms with van der Waals surface area (Å²) >= 11 is 1.68. The van der Waals surface area contributed by atoms with Gasteiger partial charge in [-0.15, -0.1) is 11.3 Å². The first-order chi connectivity index (χ1) is 16.5. The first-order valence-corrected chi connectivity index (χ1v) is 11.5. The Balaban J connectivity index is 1.35. The zero-order valence-electron chi connectivity index (χ0n) is 18.0. The number of aromatic nitrogens is 1. The van der Waals surface area contributed by atoms with Crippen LogP contribution in [0.25, 0.3) is 21.0 Å². The number of benzene rings is 3. The Bertz CT molecular complexity index is 1540. The molecule has 5 rings (SSSR count). The number of aromatic hydroxyl groups is 1. The molecule has 5 aromatic rings. The molecule has 0 fully saturated rings. The van der Waals surface area contributed by atoms with Gasteiger partial charge >= 0.3 is 5.97 Å². The number of pyridine rings is 1. The lowest BCUT2D eigenvalue weighted by Gasteiger charge is -2.10. The number of nitrogens with zero attached hydrogens (tertiary/aromatic N) is 1. The highest BCUT2D eigenvalue weighted by molar-refractivity contribution is 7.17. The van der Waals surface area contributed by atoms with E-state index in [4.69, 9.17) is 5.11 Å². The van der Waals surface area contributed by atoms with Gasteiger partial charge in [0, 0.05) is 40.4 Å². The van der Waals surface area contributed by atoms with Crippen molar-refractivity contribution < 1.29 is 19.8 Å². The van der Waals surface area contributed by atoms with E-state index in [9.17, 15) is 14.7 Å². The van der Waals surface area contributed by atoms with Gasteiger partial charge in [-0.05, 0) is 70.4 Å². The lowest BCUT2D eigenvalue weighted by atomic mass is 10.0. The van der Waals surface area contributed by atoms with Crippen molar-refractivity contribution in [3.05, 3.63) is 106 Å². The van der Waals surface area contributed by atoms with E-state index >= 15 is 0 Å². The molecule has 0 saturated carbocycles. The molecule has 0 radical (unpaired) electrons. The number of hydrogen-bond donors (Lipinski definition) is 3. The molecule has 0 aliphatic heterocycles. The number of nitrogens with one attached hydrogen (secondary N) is 1. The molecule has 0 aliphatic carbocycles. The van der Waals surface area contributed by atoms with Crippen LogP contribution in [0.4, 0.5) is 0 Å². The minimum atomic E-state index is -0.986. The number of hydrogen-bond acceptors (Lipinski definition) is 5. The van der Waals surface area contributed by atoms with Crippen molar-refractivity contribution in [2.45, 2.75) is 13.0 Å². The fraction of sp³-hybridized carbons (Fsp3) is 0.0741. The summed E-state index contributed by atoms with van der Waals surface area (Å²) in [5.74, 6) is -1.16. The molecule has 1 amide bonds. The maximum absolute atomic E-state index is 12.8. The standard InChI is InChI=1S/C27H20N2O4S/c30-25-21(11-16-1-4-18(5-2-16)27(32)33)15-28-23-7-6-20(13-22(23)25)26(31)29-14-17-3-8-24-19(12-17)9-10-34-24/h1-10,12-13,15H,11,14H2,(H,28,30)(H,29,31)(H,32,33). The summed E-state index contributed by atoms with van der Waals surface area (Å²) in [5.41, 5.74) is 3.68. The van der Waals surface area contributed by atoms with Crippen molar-refractivity contribution in [2.75, 3.05) is 0 Å². The molecule has 7 heteroatoms. The summed E-state index contributed by atoms with van der Waals surface area (Å²) in [7, 11) is 0. The van der Waals surface area contributed by atoms with Crippen LogP contribution in [-0.4, -0.2) is 27.1 Å². The molecule has 6 nitrogen and oxygen atoms in total. The van der Waals surface area contributed by atoms with Crippen molar-refractivity contribution in [2.24, 2.45) is 0 Å². The van der Waals surface area contributed by atoms with Gasteiger partial charge in [-0.3, -0.25) is 9.78 Å². The number of carbonyl (C=O) groups excluding carboxylic acids is 1. The Morgan fingerprint density at radius 3 is 2.47 bits per heavy atom. The Hall–Kier alpha value is -4.23. The summed E-state index contributed by atoms with van der Waals surface area (Å²) in [6.07, 6.45) is 1.99. The number of amides is 1. The lowest BCUT2D eigenvalue weighted by Crippen LogP contribution is -2.22. The number of aromatic carboxylic acids is 1. The van der Waals surface area contributed by atoms with Crippen molar-refractivity contribution in [3.8, 4) is 5.75 Å². The maximum Gasteiger partial charge on any atom is 0.335 e. The van der Waals surface area contributed by atoms with Crippen LogP contribution in [0.3, 0.4) is 0 Å². The maximum atomic E-state index is 12.8. The van der Waals surface area contributed by atoms with E-state index in [0.717, 1.165) is 16.5 Å². The van der Waals surface area contributed by atoms with Gasteiger partial charge in [-0.25, -0.2) is 4.79 Å². The zero-order chi connectivity index (χ0) is 23.7.